The van der Waals surface area contributed by atoms with E-state index < -0.39 is 0 Å². The van der Waals surface area contributed by atoms with Crippen LogP contribution in [0.2, 0.25) is 0 Å². The molecule has 0 bridgehead atoms. The van der Waals surface area contributed by atoms with E-state index in [2.05, 4.69) is 14.8 Å². The Hall–Kier alpha value is -1.43. The summed E-state index contributed by atoms with van der Waals surface area (Å²) in [5.74, 6) is 2.06. The van der Waals surface area contributed by atoms with Crippen LogP contribution < -0.4 is 5.73 Å². The number of hydrogen-bond donors (Lipinski definition) is 1. The fourth-order valence-electron chi connectivity index (χ4n) is 3.32. The highest BCUT2D eigenvalue weighted by Crippen LogP contribution is 2.30. The molecule has 1 aliphatic heterocycles. The first-order valence-electron chi connectivity index (χ1n) is 7.51. The maximum atomic E-state index is 12.3. The van der Waals surface area contributed by atoms with Crippen molar-refractivity contribution < 1.29 is 4.79 Å². The third kappa shape index (κ3) is 2.57. The average molecular weight is 277 g/mol. The molecule has 6 heteroatoms. The number of carbonyl (C=O) groups is 1. The van der Waals surface area contributed by atoms with Gasteiger partial charge in [0.05, 0.1) is 6.54 Å². The summed E-state index contributed by atoms with van der Waals surface area (Å²) in [6.07, 6.45) is 6.79. The van der Waals surface area contributed by atoms with E-state index in [0.717, 1.165) is 56.7 Å². The Morgan fingerprint density at radius 3 is 2.85 bits per heavy atom. The Balaban J connectivity index is 1.61. The van der Waals surface area contributed by atoms with Gasteiger partial charge in [-0.3, -0.25) is 4.79 Å². The number of aryl methyl sites for hydroxylation is 1. The first-order valence-corrected chi connectivity index (χ1v) is 7.51. The fraction of sp³-hybridized carbons (Fsp3) is 0.786. The Bertz CT molecular complexity index is 504. The van der Waals surface area contributed by atoms with E-state index in [1.807, 2.05) is 7.05 Å². The lowest BCUT2D eigenvalue weighted by atomic mass is 9.94. The van der Waals surface area contributed by atoms with Crippen LogP contribution in [-0.2, 0) is 24.3 Å². The third-order valence-electron chi connectivity index (χ3n) is 4.59. The molecule has 0 saturated heterocycles. The average Bonchev–Trinajstić information content (AvgIpc) is 3.08. The van der Waals surface area contributed by atoms with E-state index in [-0.39, 0.29) is 11.4 Å². The van der Waals surface area contributed by atoms with Crippen LogP contribution in [0, 0.1) is 0 Å². The van der Waals surface area contributed by atoms with E-state index in [1.54, 1.807) is 4.90 Å². The zero-order valence-electron chi connectivity index (χ0n) is 12.1. The van der Waals surface area contributed by atoms with Crippen molar-refractivity contribution in [2.75, 3.05) is 7.05 Å². The van der Waals surface area contributed by atoms with Crippen LogP contribution in [0.4, 0.5) is 0 Å². The lowest BCUT2D eigenvalue weighted by molar-refractivity contribution is -0.131. The fourth-order valence-corrected chi connectivity index (χ4v) is 3.32. The smallest absolute Gasteiger partial charge is 0.224 e. The Labute approximate surface area is 119 Å². The van der Waals surface area contributed by atoms with Crippen molar-refractivity contribution in [2.45, 2.75) is 63.6 Å². The van der Waals surface area contributed by atoms with Crippen molar-refractivity contribution in [3.63, 3.8) is 0 Å². The number of aromatic nitrogens is 3. The standard InChI is InChI=1S/C14H23N5O/c1-18(13(20)9-14(15)6-2-3-7-14)10-12-17-16-11-5-4-8-19(11)12/h2-10,15H2,1H3. The summed E-state index contributed by atoms with van der Waals surface area (Å²) >= 11 is 0. The lowest BCUT2D eigenvalue weighted by Gasteiger charge is -2.26. The maximum absolute atomic E-state index is 12.3. The van der Waals surface area contributed by atoms with Crippen molar-refractivity contribution in [2.24, 2.45) is 5.73 Å². The highest BCUT2D eigenvalue weighted by atomic mass is 16.2. The number of rotatable bonds is 4. The van der Waals surface area contributed by atoms with Crippen LogP contribution >= 0.6 is 0 Å². The summed E-state index contributed by atoms with van der Waals surface area (Å²) < 4.78 is 2.14. The van der Waals surface area contributed by atoms with Gasteiger partial charge in [0, 0.05) is 32.0 Å². The molecule has 2 N–H and O–H groups in total. The maximum Gasteiger partial charge on any atom is 0.224 e. The minimum Gasteiger partial charge on any atom is -0.338 e. The number of carbonyl (C=O) groups excluding carboxylic acids is 1. The third-order valence-corrected chi connectivity index (χ3v) is 4.59. The van der Waals surface area contributed by atoms with E-state index in [0.29, 0.717) is 13.0 Å². The summed E-state index contributed by atoms with van der Waals surface area (Å²) in [4.78, 5) is 14.1. The van der Waals surface area contributed by atoms with Crippen LogP contribution in [-0.4, -0.2) is 38.2 Å². The van der Waals surface area contributed by atoms with E-state index in [1.165, 1.54) is 0 Å². The largest absolute Gasteiger partial charge is 0.338 e. The number of fused-ring (bicyclic) bond motifs is 1. The quantitative estimate of drug-likeness (QED) is 0.885. The van der Waals surface area contributed by atoms with Crippen molar-refractivity contribution >= 4 is 5.91 Å². The Kier molecular flexibility index (Phi) is 3.50. The Morgan fingerprint density at radius 1 is 1.35 bits per heavy atom. The number of nitrogens with two attached hydrogens (primary N) is 1. The molecule has 0 spiro atoms. The number of amides is 1. The number of nitrogens with zero attached hydrogens (tertiary/aromatic N) is 4. The summed E-state index contributed by atoms with van der Waals surface area (Å²) in [6, 6.07) is 0. The predicted octanol–water partition coefficient (Wildman–Crippen LogP) is 0.844. The van der Waals surface area contributed by atoms with Gasteiger partial charge >= 0.3 is 0 Å². The molecule has 6 nitrogen and oxygen atoms in total. The second kappa shape index (κ2) is 5.16. The van der Waals surface area contributed by atoms with Gasteiger partial charge in [0.15, 0.2) is 5.82 Å². The van der Waals surface area contributed by atoms with Gasteiger partial charge in [-0.2, -0.15) is 0 Å². The van der Waals surface area contributed by atoms with Crippen molar-refractivity contribution in [3.8, 4) is 0 Å². The van der Waals surface area contributed by atoms with Crippen LogP contribution in [0.3, 0.4) is 0 Å². The molecule has 20 heavy (non-hydrogen) atoms. The molecule has 2 heterocycles. The second-order valence-corrected chi connectivity index (χ2v) is 6.28. The minimum absolute atomic E-state index is 0.116. The predicted molar refractivity (Wildman–Crippen MR) is 74.8 cm³/mol. The Morgan fingerprint density at radius 2 is 2.10 bits per heavy atom. The summed E-state index contributed by atoms with van der Waals surface area (Å²) in [6.45, 7) is 1.50. The second-order valence-electron chi connectivity index (χ2n) is 6.28. The van der Waals surface area contributed by atoms with Crippen molar-refractivity contribution in [3.05, 3.63) is 11.6 Å². The normalized spacial score (nSPS) is 20.1. The van der Waals surface area contributed by atoms with Gasteiger partial charge < -0.3 is 15.2 Å². The van der Waals surface area contributed by atoms with Crippen molar-refractivity contribution in [1.82, 2.24) is 19.7 Å². The number of hydrogen-bond acceptors (Lipinski definition) is 4. The molecule has 2 aliphatic rings. The molecule has 1 aromatic heterocycles. The topological polar surface area (TPSA) is 77.0 Å². The first-order chi connectivity index (χ1) is 9.57. The van der Waals surface area contributed by atoms with Crippen LogP contribution in [0.25, 0.3) is 0 Å². The zero-order valence-corrected chi connectivity index (χ0v) is 12.1. The molecule has 1 fully saturated rings. The lowest BCUT2D eigenvalue weighted by Crippen LogP contribution is -2.42. The molecule has 0 unspecified atom stereocenters. The van der Waals surface area contributed by atoms with Gasteiger partial charge in [-0.05, 0) is 19.3 Å². The summed E-state index contributed by atoms with van der Waals surface area (Å²) in [7, 11) is 1.83. The molecule has 1 aromatic rings. The SMILES string of the molecule is CN(Cc1nnc2n1CCC2)C(=O)CC1(N)CCCC1. The minimum atomic E-state index is -0.280. The molecular weight excluding hydrogens is 254 g/mol. The molecule has 1 saturated carbocycles. The van der Waals surface area contributed by atoms with Gasteiger partial charge in [0.1, 0.15) is 5.82 Å². The molecule has 3 rings (SSSR count). The summed E-state index contributed by atoms with van der Waals surface area (Å²) in [5.41, 5.74) is 6.00. The van der Waals surface area contributed by atoms with Crippen LogP contribution in [0.15, 0.2) is 0 Å². The summed E-state index contributed by atoms with van der Waals surface area (Å²) in [5, 5.41) is 8.37. The van der Waals surface area contributed by atoms with Crippen LogP contribution in [0.5, 0.6) is 0 Å². The highest BCUT2D eigenvalue weighted by Gasteiger charge is 2.33. The van der Waals surface area contributed by atoms with Gasteiger partial charge in [-0.15, -0.1) is 10.2 Å². The van der Waals surface area contributed by atoms with E-state index in [9.17, 15) is 4.79 Å². The molecule has 0 atom stereocenters. The van der Waals surface area contributed by atoms with Gasteiger partial charge in [-0.25, -0.2) is 0 Å². The van der Waals surface area contributed by atoms with Gasteiger partial charge in [-0.1, -0.05) is 12.8 Å². The molecule has 1 amide bonds. The van der Waals surface area contributed by atoms with E-state index in [4.69, 9.17) is 5.73 Å². The zero-order chi connectivity index (χ0) is 14.2. The van der Waals surface area contributed by atoms with Gasteiger partial charge in [0.25, 0.3) is 0 Å². The molecular formula is C14H23N5O. The first kappa shape index (κ1) is 13.5. The molecule has 0 aromatic carbocycles. The van der Waals surface area contributed by atoms with Crippen LogP contribution in [0.1, 0.15) is 50.2 Å². The molecule has 1 aliphatic carbocycles. The van der Waals surface area contributed by atoms with Gasteiger partial charge in [0.2, 0.25) is 5.91 Å². The van der Waals surface area contributed by atoms with E-state index >= 15 is 0 Å². The monoisotopic (exact) mass is 277 g/mol. The molecule has 0 radical (unpaired) electrons. The molecule has 110 valence electrons. The van der Waals surface area contributed by atoms with Crippen molar-refractivity contribution in [1.29, 1.82) is 0 Å². The highest BCUT2D eigenvalue weighted by molar-refractivity contribution is 5.77.